The van der Waals surface area contributed by atoms with Crippen LogP contribution in [0.1, 0.15) is 27.5 Å². The SMILES string of the molecule is NS(=O)(=O)c1ccc2c(c1)C[C@@H](n1cc(C(=O)O)ccc1=O)C2. The number of aromatic carboxylic acids is 1. The van der Waals surface area contributed by atoms with Crippen LogP contribution < -0.4 is 10.7 Å². The van der Waals surface area contributed by atoms with Gasteiger partial charge in [-0.05, 0) is 42.2 Å². The Bertz CT molecular complexity index is 962. The summed E-state index contributed by atoms with van der Waals surface area (Å²) in [5.41, 5.74) is 1.47. The number of nitrogens with two attached hydrogens (primary N) is 1. The zero-order chi connectivity index (χ0) is 16.8. The zero-order valence-electron chi connectivity index (χ0n) is 12.0. The summed E-state index contributed by atoms with van der Waals surface area (Å²) >= 11 is 0. The average molecular weight is 334 g/mol. The first kappa shape index (κ1) is 15.4. The number of sulfonamides is 1. The molecule has 8 heteroatoms. The first-order valence-corrected chi connectivity index (χ1v) is 8.40. The van der Waals surface area contributed by atoms with Crippen molar-refractivity contribution in [3.8, 4) is 0 Å². The number of benzene rings is 1. The number of aromatic nitrogens is 1. The number of carbonyl (C=O) groups is 1. The summed E-state index contributed by atoms with van der Waals surface area (Å²) in [6, 6.07) is 6.88. The molecule has 0 unspecified atom stereocenters. The lowest BCUT2D eigenvalue weighted by Crippen LogP contribution is -2.25. The molecule has 0 saturated heterocycles. The second kappa shape index (κ2) is 5.32. The normalized spacial score (nSPS) is 17.0. The quantitative estimate of drug-likeness (QED) is 0.848. The number of pyridine rings is 1. The Balaban J connectivity index is 1.98. The fraction of sp³-hybridized carbons (Fsp3) is 0.200. The number of hydrogen-bond donors (Lipinski definition) is 2. The van der Waals surface area contributed by atoms with Crippen molar-refractivity contribution in [1.29, 1.82) is 0 Å². The van der Waals surface area contributed by atoms with Gasteiger partial charge >= 0.3 is 5.97 Å². The average Bonchev–Trinajstić information content (AvgIpc) is 2.89. The van der Waals surface area contributed by atoms with Gasteiger partial charge in [-0.3, -0.25) is 4.79 Å². The molecule has 0 radical (unpaired) electrons. The Morgan fingerprint density at radius 2 is 1.87 bits per heavy atom. The highest BCUT2D eigenvalue weighted by Crippen LogP contribution is 2.31. The van der Waals surface area contributed by atoms with E-state index in [-0.39, 0.29) is 22.1 Å². The Hall–Kier alpha value is -2.45. The summed E-state index contributed by atoms with van der Waals surface area (Å²) in [7, 11) is -3.78. The van der Waals surface area contributed by atoms with Crippen LogP contribution in [0.2, 0.25) is 0 Å². The van der Waals surface area contributed by atoms with Crippen LogP contribution in [0.4, 0.5) is 0 Å². The van der Waals surface area contributed by atoms with Crippen molar-refractivity contribution in [2.24, 2.45) is 5.14 Å². The Kier molecular flexibility index (Phi) is 3.57. The number of primary sulfonamides is 1. The minimum atomic E-state index is -3.78. The highest BCUT2D eigenvalue weighted by molar-refractivity contribution is 7.89. The third kappa shape index (κ3) is 2.90. The number of fused-ring (bicyclic) bond motifs is 1. The molecule has 3 rings (SSSR count). The summed E-state index contributed by atoms with van der Waals surface area (Å²) in [5.74, 6) is -1.11. The van der Waals surface area contributed by atoms with Crippen LogP contribution >= 0.6 is 0 Å². The zero-order valence-corrected chi connectivity index (χ0v) is 12.8. The lowest BCUT2D eigenvalue weighted by molar-refractivity contribution is 0.0695. The van der Waals surface area contributed by atoms with E-state index in [1.807, 2.05) is 0 Å². The van der Waals surface area contributed by atoms with Gasteiger partial charge in [0.1, 0.15) is 0 Å². The lowest BCUT2D eigenvalue weighted by atomic mass is 10.1. The van der Waals surface area contributed by atoms with E-state index in [0.717, 1.165) is 11.1 Å². The highest BCUT2D eigenvalue weighted by atomic mass is 32.2. The molecule has 2 aromatic rings. The molecule has 0 spiro atoms. The van der Waals surface area contributed by atoms with Gasteiger partial charge in [0.25, 0.3) is 5.56 Å². The van der Waals surface area contributed by atoms with Gasteiger partial charge in [0.2, 0.25) is 10.0 Å². The molecule has 0 fully saturated rings. The van der Waals surface area contributed by atoms with Gasteiger partial charge in [-0.2, -0.15) is 0 Å². The molecule has 0 aliphatic heterocycles. The maximum absolute atomic E-state index is 12.0. The lowest BCUT2D eigenvalue weighted by Gasteiger charge is -2.13. The van der Waals surface area contributed by atoms with E-state index in [9.17, 15) is 18.0 Å². The molecule has 0 amide bonds. The van der Waals surface area contributed by atoms with Gasteiger partial charge in [0.15, 0.2) is 0 Å². The fourth-order valence-corrected chi connectivity index (χ4v) is 3.42. The first-order chi connectivity index (χ1) is 10.8. The predicted octanol–water partition coefficient (Wildman–Crippen LogP) is 0.534. The van der Waals surface area contributed by atoms with Crippen molar-refractivity contribution in [3.05, 3.63) is 63.6 Å². The Morgan fingerprint density at radius 1 is 1.17 bits per heavy atom. The summed E-state index contributed by atoms with van der Waals surface area (Å²) < 4.78 is 24.2. The van der Waals surface area contributed by atoms with Crippen LogP contribution in [-0.2, 0) is 22.9 Å². The fourth-order valence-electron chi connectivity index (χ4n) is 2.86. The van der Waals surface area contributed by atoms with Crippen molar-refractivity contribution in [2.45, 2.75) is 23.8 Å². The van der Waals surface area contributed by atoms with E-state index in [2.05, 4.69) is 0 Å². The minimum absolute atomic E-state index is 0.0310. The summed E-state index contributed by atoms with van der Waals surface area (Å²) in [5, 5.41) is 14.2. The van der Waals surface area contributed by atoms with E-state index in [1.165, 1.54) is 35.0 Å². The molecule has 120 valence electrons. The van der Waals surface area contributed by atoms with Gasteiger partial charge in [-0.1, -0.05) is 6.07 Å². The maximum atomic E-state index is 12.0. The molecule has 0 bridgehead atoms. The number of rotatable bonds is 3. The third-order valence-corrected chi connectivity index (χ3v) is 4.91. The molecule has 1 atom stereocenters. The van der Waals surface area contributed by atoms with Crippen LogP contribution in [0.25, 0.3) is 0 Å². The smallest absolute Gasteiger partial charge is 0.337 e. The van der Waals surface area contributed by atoms with Crippen molar-refractivity contribution in [3.63, 3.8) is 0 Å². The molecule has 1 aromatic heterocycles. The molecule has 7 nitrogen and oxygen atoms in total. The minimum Gasteiger partial charge on any atom is -0.478 e. The van der Waals surface area contributed by atoms with E-state index < -0.39 is 16.0 Å². The molecular weight excluding hydrogens is 320 g/mol. The van der Waals surface area contributed by atoms with Crippen molar-refractivity contribution in [1.82, 2.24) is 4.57 Å². The van der Waals surface area contributed by atoms with Crippen LogP contribution in [-0.4, -0.2) is 24.1 Å². The second-order valence-corrected chi connectivity index (χ2v) is 7.07. The van der Waals surface area contributed by atoms with E-state index in [0.29, 0.717) is 12.8 Å². The van der Waals surface area contributed by atoms with Crippen LogP contribution in [0.3, 0.4) is 0 Å². The highest BCUT2D eigenvalue weighted by Gasteiger charge is 2.25. The Morgan fingerprint density at radius 3 is 2.52 bits per heavy atom. The topological polar surface area (TPSA) is 119 Å². The van der Waals surface area contributed by atoms with Gasteiger partial charge in [0, 0.05) is 18.3 Å². The number of nitrogens with zero attached hydrogens (tertiary/aromatic N) is 1. The third-order valence-electron chi connectivity index (χ3n) is 4.00. The van der Waals surface area contributed by atoms with E-state index >= 15 is 0 Å². The number of carboxylic acids is 1. The summed E-state index contributed by atoms with van der Waals surface area (Å²) in [6.45, 7) is 0. The summed E-state index contributed by atoms with van der Waals surface area (Å²) in [4.78, 5) is 23.1. The molecule has 3 N–H and O–H groups in total. The molecule has 1 aromatic carbocycles. The van der Waals surface area contributed by atoms with Crippen LogP contribution in [0.15, 0.2) is 46.2 Å². The molecule has 1 aliphatic rings. The molecule has 0 saturated carbocycles. The first-order valence-electron chi connectivity index (χ1n) is 6.86. The monoisotopic (exact) mass is 334 g/mol. The molecule has 23 heavy (non-hydrogen) atoms. The van der Waals surface area contributed by atoms with E-state index in [1.54, 1.807) is 6.07 Å². The van der Waals surface area contributed by atoms with Crippen molar-refractivity contribution in [2.75, 3.05) is 0 Å². The summed E-state index contributed by atoms with van der Waals surface area (Å²) in [6.07, 6.45) is 2.30. The maximum Gasteiger partial charge on any atom is 0.337 e. The van der Waals surface area contributed by atoms with Crippen molar-refractivity contribution >= 4 is 16.0 Å². The van der Waals surface area contributed by atoms with Crippen LogP contribution in [0, 0.1) is 0 Å². The predicted molar refractivity (Wildman–Crippen MR) is 81.9 cm³/mol. The Labute approximate surface area is 132 Å². The van der Waals surface area contributed by atoms with Gasteiger partial charge < -0.3 is 9.67 Å². The number of hydrogen-bond acceptors (Lipinski definition) is 4. The number of carboxylic acid groups (broad SMARTS) is 1. The standard InChI is InChI=1S/C15H14N2O5S/c16-23(21,22)13-3-1-9-5-12(6-11(9)7-13)17-8-10(15(19)20)2-4-14(17)18/h1-4,7-8,12H,5-6H2,(H,19,20)(H2,16,21,22)/t12-/m0/s1. The molecule has 1 heterocycles. The van der Waals surface area contributed by atoms with Crippen LogP contribution in [0.5, 0.6) is 0 Å². The van der Waals surface area contributed by atoms with Gasteiger partial charge in [0.05, 0.1) is 10.5 Å². The van der Waals surface area contributed by atoms with Gasteiger partial charge in [-0.15, -0.1) is 0 Å². The largest absolute Gasteiger partial charge is 0.478 e. The second-order valence-electron chi connectivity index (χ2n) is 5.51. The van der Waals surface area contributed by atoms with Crippen molar-refractivity contribution < 1.29 is 18.3 Å². The molecule has 1 aliphatic carbocycles. The molecular formula is C15H14N2O5S. The van der Waals surface area contributed by atoms with Gasteiger partial charge in [-0.25, -0.2) is 18.4 Å². The van der Waals surface area contributed by atoms with E-state index in [4.69, 9.17) is 10.2 Å².